The molecule has 0 aromatic carbocycles. The minimum Gasteiger partial charge on any atom is -0.394 e. The zero-order valence-electron chi connectivity index (χ0n) is 13.4. The molecule has 0 aliphatic carbocycles. The van der Waals surface area contributed by atoms with Crippen molar-refractivity contribution in [3.05, 3.63) is 16.8 Å². The number of rotatable bonds is 5. The highest BCUT2D eigenvalue weighted by molar-refractivity contribution is 5.10. The molecule has 2 saturated heterocycles. The van der Waals surface area contributed by atoms with E-state index in [-0.39, 0.29) is 12.6 Å². The lowest BCUT2D eigenvalue weighted by atomic mass is 10.1. The summed E-state index contributed by atoms with van der Waals surface area (Å²) in [5, 5.41) is 48.7. The summed E-state index contributed by atoms with van der Waals surface area (Å²) in [6.45, 7) is -0.840. The Hall–Kier alpha value is -1.71. The van der Waals surface area contributed by atoms with E-state index in [0.717, 1.165) is 10.9 Å². The molecule has 146 valence electrons. The van der Waals surface area contributed by atoms with Gasteiger partial charge in [0.1, 0.15) is 43.0 Å². The molecule has 8 atom stereocenters. The molecule has 1 aromatic rings. The maximum atomic E-state index is 11.8. The Morgan fingerprint density at radius 1 is 1.12 bits per heavy atom. The van der Waals surface area contributed by atoms with E-state index >= 15 is 0 Å². The largest absolute Gasteiger partial charge is 0.394 e. The van der Waals surface area contributed by atoms with Gasteiger partial charge in [-0.15, -0.1) is 0 Å². The average molecular weight is 376 g/mol. The van der Waals surface area contributed by atoms with Crippen LogP contribution in [0.1, 0.15) is 6.23 Å². The second-order valence-electron chi connectivity index (χ2n) is 5.99. The molecule has 13 heteroatoms. The Morgan fingerprint density at radius 2 is 1.81 bits per heavy atom. The maximum absolute atomic E-state index is 11.8. The van der Waals surface area contributed by atoms with Gasteiger partial charge >= 0.3 is 5.69 Å². The summed E-state index contributed by atoms with van der Waals surface area (Å²) in [5.74, 6) is -0.247. The molecule has 2 fully saturated rings. The molecule has 1 aromatic heterocycles. The van der Waals surface area contributed by atoms with E-state index in [0.29, 0.717) is 0 Å². The van der Waals surface area contributed by atoms with Gasteiger partial charge in [-0.25, -0.2) is 9.78 Å². The number of anilines is 1. The normalized spacial score (nSPS) is 40.2. The highest BCUT2D eigenvalue weighted by Crippen LogP contribution is 2.30. The van der Waals surface area contributed by atoms with Gasteiger partial charge in [-0.2, -0.15) is 4.98 Å². The molecule has 0 amide bonds. The number of ether oxygens (including phenoxy) is 3. The van der Waals surface area contributed by atoms with Crippen LogP contribution in [0.5, 0.6) is 0 Å². The van der Waals surface area contributed by atoms with Gasteiger partial charge in [0.05, 0.1) is 13.2 Å². The van der Waals surface area contributed by atoms with Crippen molar-refractivity contribution in [1.82, 2.24) is 14.5 Å². The Labute approximate surface area is 146 Å². The number of nitrogen functional groups attached to an aromatic ring is 1. The predicted molar refractivity (Wildman–Crippen MR) is 80.3 cm³/mol. The van der Waals surface area contributed by atoms with Crippen molar-refractivity contribution in [2.24, 2.45) is 0 Å². The topological polar surface area (TPSA) is 203 Å². The summed E-state index contributed by atoms with van der Waals surface area (Å²) in [4.78, 5) is 18.9. The van der Waals surface area contributed by atoms with E-state index in [1.807, 2.05) is 0 Å². The average Bonchev–Trinajstić information content (AvgIpc) is 3.04. The quantitative estimate of drug-likeness (QED) is 0.287. The minimum absolute atomic E-state index is 0.247. The van der Waals surface area contributed by atoms with Gasteiger partial charge in [0.25, 0.3) is 0 Å². The van der Waals surface area contributed by atoms with Gasteiger partial charge in [-0.05, 0) is 0 Å². The van der Waals surface area contributed by atoms with Crippen LogP contribution in [-0.4, -0.2) is 96.2 Å². The predicted octanol–water partition coefficient (Wildman–Crippen LogP) is -4.70. The highest BCUT2D eigenvalue weighted by Gasteiger charge is 2.47. The van der Waals surface area contributed by atoms with Crippen molar-refractivity contribution in [2.45, 2.75) is 49.1 Å². The van der Waals surface area contributed by atoms with Crippen LogP contribution in [0.3, 0.4) is 0 Å². The second kappa shape index (κ2) is 7.50. The molecule has 2 aliphatic rings. The lowest BCUT2D eigenvalue weighted by Crippen LogP contribution is -2.38. The number of nitrogens with zero attached hydrogens (tertiary/aromatic N) is 3. The summed E-state index contributed by atoms with van der Waals surface area (Å²) in [6.07, 6.45) is -9.19. The van der Waals surface area contributed by atoms with E-state index in [2.05, 4.69) is 9.97 Å². The Morgan fingerprint density at radius 3 is 2.42 bits per heavy atom. The van der Waals surface area contributed by atoms with Crippen molar-refractivity contribution < 1.29 is 39.7 Å². The first-order valence-electron chi connectivity index (χ1n) is 7.79. The number of hydrogen-bond acceptors (Lipinski definition) is 12. The van der Waals surface area contributed by atoms with Crippen LogP contribution >= 0.6 is 0 Å². The van der Waals surface area contributed by atoms with Crippen LogP contribution in [-0.2, 0) is 14.2 Å². The highest BCUT2D eigenvalue weighted by atomic mass is 16.7. The Balaban J connectivity index is 1.64. The lowest BCUT2D eigenvalue weighted by Gasteiger charge is -2.20. The van der Waals surface area contributed by atoms with Crippen molar-refractivity contribution in [1.29, 1.82) is 0 Å². The summed E-state index contributed by atoms with van der Waals surface area (Å²) < 4.78 is 16.7. The van der Waals surface area contributed by atoms with Gasteiger partial charge in [0, 0.05) is 0 Å². The third kappa shape index (κ3) is 3.43. The third-order valence-electron chi connectivity index (χ3n) is 4.28. The van der Waals surface area contributed by atoms with Gasteiger partial charge < -0.3 is 45.5 Å². The first-order valence-corrected chi connectivity index (χ1v) is 7.79. The fourth-order valence-electron chi connectivity index (χ4n) is 2.82. The monoisotopic (exact) mass is 376 g/mol. The zero-order valence-corrected chi connectivity index (χ0v) is 13.4. The standard InChI is InChI=1S/C13H20N4O9/c14-12-15-3-17(13(23)16-12)10-8(21)7(20)5(25-10)2-24-11-9(22)6(19)4(1-18)26-11/h3-11,18-22H,1-2H2,(H2,14,16,23)/t4-,5-,6-,7-,8-,9+,10-,11?/m1/s1. The minimum atomic E-state index is -1.47. The van der Waals surface area contributed by atoms with Crippen LogP contribution in [0.2, 0.25) is 0 Å². The summed E-state index contributed by atoms with van der Waals surface area (Å²) in [5.41, 5.74) is 4.48. The third-order valence-corrected chi connectivity index (χ3v) is 4.28. The van der Waals surface area contributed by atoms with Crippen molar-refractivity contribution in [2.75, 3.05) is 18.9 Å². The van der Waals surface area contributed by atoms with Gasteiger partial charge in [-0.3, -0.25) is 4.57 Å². The molecule has 0 bridgehead atoms. The number of aliphatic hydroxyl groups excluding tert-OH is 5. The molecule has 7 N–H and O–H groups in total. The number of nitrogens with two attached hydrogens (primary N) is 1. The molecule has 2 aliphatic heterocycles. The fraction of sp³-hybridized carbons (Fsp3) is 0.769. The van der Waals surface area contributed by atoms with E-state index in [1.54, 1.807) is 0 Å². The van der Waals surface area contributed by atoms with Gasteiger partial charge in [0.2, 0.25) is 5.95 Å². The first kappa shape index (κ1) is 19.1. The van der Waals surface area contributed by atoms with Crippen LogP contribution in [0, 0.1) is 0 Å². The summed E-state index contributed by atoms with van der Waals surface area (Å²) in [6, 6.07) is 0. The summed E-state index contributed by atoms with van der Waals surface area (Å²) >= 11 is 0. The van der Waals surface area contributed by atoms with Crippen LogP contribution in [0.25, 0.3) is 0 Å². The van der Waals surface area contributed by atoms with Gasteiger partial charge in [0.15, 0.2) is 12.5 Å². The molecule has 0 spiro atoms. The van der Waals surface area contributed by atoms with Gasteiger partial charge in [-0.1, -0.05) is 0 Å². The van der Waals surface area contributed by atoms with E-state index in [4.69, 9.17) is 25.1 Å². The smallest absolute Gasteiger partial charge is 0.354 e. The van der Waals surface area contributed by atoms with E-state index in [9.17, 15) is 25.2 Å². The van der Waals surface area contributed by atoms with Crippen molar-refractivity contribution in [3.8, 4) is 0 Å². The van der Waals surface area contributed by atoms with E-state index in [1.165, 1.54) is 0 Å². The molecule has 3 rings (SSSR count). The number of aliphatic hydroxyl groups is 5. The molecule has 0 saturated carbocycles. The SMILES string of the molecule is Nc1ncn([C@@H]2O[C@H](COC3O[C@H](CO)[C@@H](O)[C@@H]3O)[C@@H](O)[C@H]2O)c(=O)n1. The fourth-order valence-corrected chi connectivity index (χ4v) is 2.82. The van der Waals surface area contributed by atoms with E-state index < -0.39 is 61.4 Å². The Bertz CT molecular complexity index is 688. The molecular formula is C13H20N4O9. The zero-order chi connectivity index (χ0) is 19.0. The lowest BCUT2D eigenvalue weighted by molar-refractivity contribution is -0.190. The second-order valence-corrected chi connectivity index (χ2v) is 5.99. The molecule has 1 unspecified atom stereocenters. The molecule has 26 heavy (non-hydrogen) atoms. The van der Waals surface area contributed by atoms with Crippen LogP contribution in [0.15, 0.2) is 11.1 Å². The molecule has 3 heterocycles. The van der Waals surface area contributed by atoms with Crippen LogP contribution in [0.4, 0.5) is 5.95 Å². The van der Waals surface area contributed by atoms with Crippen molar-refractivity contribution in [3.63, 3.8) is 0 Å². The molecule has 0 radical (unpaired) electrons. The van der Waals surface area contributed by atoms with Crippen molar-refractivity contribution >= 4 is 5.95 Å². The first-order chi connectivity index (χ1) is 12.3. The molecule has 13 nitrogen and oxygen atoms in total. The number of aromatic nitrogens is 3. The Kier molecular flexibility index (Phi) is 5.50. The summed E-state index contributed by atoms with van der Waals surface area (Å²) in [7, 11) is 0. The number of hydrogen-bond donors (Lipinski definition) is 6. The molecular weight excluding hydrogens is 356 g/mol. The van der Waals surface area contributed by atoms with Crippen LogP contribution < -0.4 is 11.4 Å². The maximum Gasteiger partial charge on any atom is 0.354 e.